The predicted molar refractivity (Wildman–Crippen MR) is 124 cm³/mol. The number of aromatic nitrogens is 2. The van der Waals surface area contributed by atoms with Crippen LogP contribution < -0.4 is 15.5 Å². The molecule has 2 N–H and O–H groups in total. The molecule has 27 heavy (non-hydrogen) atoms. The van der Waals surface area contributed by atoms with Crippen LogP contribution in [-0.4, -0.2) is 35.6 Å². The first-order chi connectivity index (χ1) is 12.7. The van der Waals surface area contributed by atoms with Crippen molar-refractivity contribution in [2.75, 3.05) is 24.5 Å². The lowest BCUT2D eigenvalue weighted by molar-refractivity contribution is 0.809. The van der Waals surface area contributed by atoms with Gasteiger partial charge in [-0.1, -0.05) is 6.07 Å². The number of nitrogens with zero attached hydrogens (tertiary/aromatic N) is 4. The number of pyridine rings is 1. The third kappa shape index (κ3) is 6.31. The van der Waals surface area contributed by atoms with E-state index in [4.69, 9.17) is 0 Å². The molecule has 3 rings (SSSR count). The molecule has 0 atom stereocenters. The molecular weight excluding hydrogens is 471 g/mol. The second-order valence-electron chi connectivity index (χ2n) is 6.52. The highest BCUT2D eigenvalue weighted by Gasteiger charge is 2.12. The Hall–Kier alpha value is -1.42. The number of halogens is 1. The molecule has 8 heteroatoms. The lowest BCUT2D eigenvalue weighted by Crippen LogP contribution is -2.36. The molecule has 1 fully saturated rings. The van der Waals surface area contributed by atoms with Crippen molar-refractivity contribution < 1.29 is 0 Å². The van der Waals surface area contributed by atoms with Gasteiger partial charge in [-0.25, -0.2) is 15.0 Å². The molecule has 0 unspecified atom stereocenters. The van der Waals surface area contributed by atoms with E-state index < -0.39 is 0 Å². The van der Waals surface area contributed by atoms with Crippen LogP contribution in [-0.2, 0) is 13.1 Å². The number of anilines is 1. The molecule has 0 aliphatic carbocycles. The van der Waals surface area contributed by atoms with Crippen molar-refractivity contribution in [3.05, 3.63) is 39.5 Å². The van der Waals surface area contributed by atoms with Gasteiger partial charge in [0.25, 0.3) is 0 Å². The summed E-state index contributed by atoms with van der Waals surface area (Å²) in [6.45, 7) is 10.6. The van der Waals surface area contributed by atoms with Gasteiger partial charge in [0, 0.05) is 30.7 Å². The number of guanidine groups is 1. The summed E-state index contributed by atoms with van der Waals surface area (Å²) in [5.41, 5.74) is 2.23. The first kappa shape index (κ1) is 21.9. The molecule has 0 radical (unpaired) electrons. The second kappa shape index (κ2) is 10.8. The van der Waals surface area contributed by atoms with Gasteiger partial charge >= 0.3 is 0 Å². The number of aliphatic imine (C=N–C) groups is 1. The monoisotopic (exact) mass is 500 g/mol. The molecule has 3 heterocycles. The number of thiazole rings is 1. The second-order valence-corrected chi connectivity index (χ2v) is 7.80. The smallest absolute Gasteiger partial charge is 0.191 e. The minimum absolute atomic E-state index is 0. The summed E-state index contributed by atoms with van der Waals surface area (Å²) in [7, 11) is 0. The highest BCUT2D eigenvalue weighted by atomic mass is 127. The van der Waals surface area contributed by atoms with Crippen molar-refractivity contribution in [3.8, 4) is 0 Å². The summed E-state index contributed by atoms with van der Waals surface area (Å²) < 4.78 is 0. The van der Waals surface area contributed by atoms with Gasteiger partial charge in [0.15, 0.2) is 5.96 Å². The molecule has 0 aromatic carbocycles. The zero-order valence-electron chi connectivity index (χ0n) is 16.3. The fourth-order valence-corrected chi connectivity index (χ4v) is 3.80. The minimum atomic E-state index is 0. The van der Waals surface area contributed by atoms with Gasteiger partial charge in [0.1, 0.15) is 10.8 Å². The SMILES string of the molecule is CCNC(=NCc1ccc(N2CCCC2)nc1)NCc1nc(C)c(C)s1.I. The van der Waals surface area contributed by atoms with Gasteiger partial charge in [0.2, 0.25) is 0 Å². The lowest BCUT2D eigenvalue weighted by atomic mass is 10.3. The van der Waals surface area contributed by atoms with Crippen LogP contribution in [0, 0.1) is 13.8 Å². The van der Waals surface area contributed by atoms with Gasteiger partial charge in [-0.2, -0.15) is 0 Å². The van der Waals surface area contributed by atoms with E-state index in [9.17, 15) is 0 Å². The molecule has 1 saturated heterocycles. The third-order valence-corrected chi connectivity index (χ3v) is 5.56. The van der Waals surface area contributed by atoms with Crippen molar-refractivity contribution in [1.82, 2.24) is 20.6 Å². The Morgan fingerprint density at radius 1 is 1.22 bits per heavy atom. The van der Waals surface area contributed by atoms with Crippen LogP contribution in [0.4, 0.5) is 5.82 Å². The fraction of sp³-hybridized carbons (Fsp3) is 0.526. The third-order valence-electron chi connectivity index (χ3n) is 4.48. The molecule has 148 valence electrons. The first-order valence-corrected chi connectivity index (χ1v) is 10.1. The Morgan fingerprint density at radius 3 is 2.59 bits per heavy atom. The molecule has 1 aliphatic rings. The zero-order valence-corrected chi connectivity index (χ0v) is 19.4. The van der Waals surface area contributed by atoms with Gasteiger partial charge in [0.05, 0.1) is 18.8 Å². The highest BCUT2D eigenvalue weighted by molar-refractivity contribution is 14.0. The number of nitrogens with one attached hydrogen (secondary N) is 2. The number of rotatable bonds is 6. The van der Waals surface area contributed by atoms with Gasteiger partial charge < -0.3 is 15.5 Å². The topological polar surface area (TPSA) is 65.4 Å². The molecular formula is C19H29IN6S. The summed E-state index contributed by atoms with van der Waals surface area (Å²) in [6.07, 6.45) is 4.47. The summed E-state index contributed by atoms with van der Waals surface area (Å²) in [4.78, 5) is 17.5. The Morgan fingerprint density at radius 2 is 2.00 bits per heavy atom. The Balaban J connectivity index is 0.00000261. The van der Waals surface area contributed by atoms with E-state index in [1.165, 1.54) is 17.7 Å². The van der Waals surface area contributed by atoms with Crippen LogP contribution in [0.2, 0.25) is 0 Å². The van der Waals surface area contributed by atoms with Crippen LogP contribution in [0.15, 0.2) is 23.3 Å². The summed E-state index contributed by atoms with van der Waals surface area (Å²) in [5, 5.41) is 7.74. The van der Waals surface area contributed by atoms with Crippen LogP contribution in [0.5, 0.6) is 0 Å². The maximum absolute atomic E-state index is 4.67. The minimum Gasteiger partial charge on any atom is -0.357 e. The molecule has 2 aromatic rings. The molecule has 1 aliphatic heterocycles. The number of hydrogen-bond donors (Lipinski definition) is 2. The lowest BCUT2D eigenvalue weighted by Gasteiger charge is -2.16. The highest BCUT2D eigenvalue weighted by Crippen LogP contribution is 2.18. The van der Waals surface area contributed by atoms with Crippen molar-refractivity contribution >= 4 is 47.1 Å². The van der Waals surface area contributed by atoms with E-state index in [1.807, 2.05) is 13.1 Å². The fourth-order valence-electron chi connectivity index (χ4n) is 2.93. The maximum Gasteiger partial charge on any atom is 0.191 e. The van der Waals surface area contributed by atoms with E-state index in [1.54, 1.807) is 11.3 Å². The first-order valence-electron chi connectivity index (χ1n) is 9.30. The van der Waals surface area contributed by atoms with Crippen molar-refractivity contribution in [1.29, 1.82) is 0 Å². The van der Waals surface area contributed by atoms with Crippen LogP contribution in [0.1, 0.15) is 40.9 Å². The molecule has 0 saturated carbocycles. The Bertz CT molecular complexity index is 718. The predicted octanol–water partition coefficient (Wildman–Crippen LogP) is 3.63. The average molecular weight is 500 g/mol. The van der Waals surface area contributed by atoms with Crippen LogP contribution in [0.25, 0.3) is 0 Å². The molecule has 0 bridgehead atoms. The van der Waals surface area contributed by atoms with Crippen molar-refractivity contribution in [2.45, 2.75) is 46.7 Å². The van der Waals surface area contributed by atoms with Crippen molar-refractivity contribution in [3.63, 3.8) is 0 Å². The van der Waals surface area contributed by atoms with E-state index in [2.05, 4.69) is 56.5 Å². The van der Waals surface area contributed by atoms with Gasteiger partial charge in [-0.05, 0) is 45.2 Å². The van der Waals surface area contributed by atoms with E-state index in [0.717, 1.165) is 47.7 Å². The standard InChI is InChI=1S/C19H28N6S.HI/c1-4-20-19(23-13-18-24-14(2)15(3)26-18)22-12-16-7-8-17(21-11-16)25-9-5-6-10-25;/h7-8,11H,4-6,9-10,12-13H2,1-3H3,(H2,20,22,23);1H. The number of aryl methyl sites for hydroxylation is 2. The average Bonchev–Trinajstić information content (AvgIpc) is 3.28. The molecule has 6 nitrogen and oxygen atoms in total. The molecule has 0 spiro atoms. The normalized spacial score (nSPS) is 14.2. The van der Waals surface area contributed by atoms with Gasteiger partial charge in [-0.3, -0.25) is 0 Å². The maximum atomic E-state index is 4.67. The number of hydrogen-bond acceptors (Lipinski definition) is 5. The summed E-state index contributed by atoms with van der Waals surface area (Å²) >= 11 is 1.73. The largest absolute Gasteiger partial charge is 0.357 e. The summed E-state index contributed by atoms with van der Waals surface area (Å²) in [6, 6.07) is 4.24. The summed E-state index contributed by atoms with van der Waals surface area (Å²) in [5.74, 6) is 1.89. The van der Waals surface area contributed by atoms with E-state index in [0.29, 0.717) is 13.1 Å². The quantitative estimate of drug-likeness (QED) is 0.361. The Kier molecular flexibility index (Phi) is 8.75. The van der Waals surface area contributed by atoms with E-state index in [-0.39, 0.29) is 24.0 Å². The van der Waals surface area contributed by atoms with Crippen LogP contribution >= 0.6 is 35.3 Å². The Labute approximate surface area is 182 Å². The van der Waals surface area contributed by atoms with Crippen LogP contribution in [0.3, 0.4) is 0 Å². The molecule has 2 aromatic heterocycles. The zero-order chi connectivity index (χ0) is 18.4. The molecule has 0 amide bonds. The van der Waals surface area contributed by atoms with Crippen molar-refractivity contribution in [2.24, 2.45) is 4.99 Å². The van der Waals surface area contributed by atoms with Gasteiger partial charge in [-0.15, -0.1) is 35.3 Å². The van der Waals surface area contributed by atoms with E-state index >= 15 is 0 Å².